The van der Waals surface area contributed by atoms with Gasteiger partial charge in [0, 0.05) is 26.7 Å². The molecule has 11 heteroatoms. The van der Waals surface area contributed by atoms with E-state index < -0.39 is 15.9 Å². The SMILES string of the molecule is COCCn1c(=NC(=O)C2CCCN(S(=O)(=O)c3ccc(OC)cc3)C2)sc2cc(OC)ccc21. The molecule has 0 N–H and O–H groups in total. The molecule has 1 aromatic heterocycles. The lowest BCUT2D eigenvalue weighted by Gasteiger charge is -2.30. The summed E-state index contributed by atoms with van der Waals surface area (Å²) < 4.78 is 46.3. The highest BCUT2D eigenvalue weighted by Crippen LogP contribution is 2.27. The Morgan fingerprint density at radius 3 is 2.49 bits per heavy atom. The van der Waals surface area contributed by atoms with Gasteiger partial charge in [0.2, 0.25) is 10.0 Å². The molecule has 9 nitrogen and oxygen atoms in total. The Kier molecular flexibility index (Phi) is 7.90. The molecule has 1 unspecified atom stereocenters. The first-order valence-corrected chi connectivity index (χ1v) is 13.5. The van der Waals surface area contributed by atoms with E-state index in [1.165, 1.54) is 34.9 Å². The Balaban J connectivity index is 1.61. The minimum Gasteiger partial charge on any atom is -0.497 e. The van der Waals surface area contributed by atoms with E-state index in [2.05, 4.69) is 4.99 Å². The highest BCUT2D eigenvalue weighted by molar-refractivity contribution is 7.89. The van der Waals surface area contributed by atoms with Gasteiger partial charge in [-0.15, -0.1) is 0 Å². The van der Waals surface area contributed by atoms with E-state index in [0.29, 0.717) is 43.1 Å². The summed E-state index contributed by atoms with van der Waals surface area (Å²) in [5.74, 6) is 0.482. The molecule has 0 spiro atoms. The minimum atomic E-state index is -3.72. The number of carbonyl (C=O) groups is 1. The standard InChI is InChI=1S/C24H29N3O6S2/c1-31-14-13-27-21-11-8-19(33-3)15-22(21)34-24(27)25-23(28)17-5-4-12-26(16-17)35(29,30)20-9-6-18(32-2)7-10-20/h6-11,15,17H,4-5,12-14,16H2,1-3H3. The van der Waals surface area contributed by atoms with Crippen LogP contribution in [-0.2, 0) is 26.1 Å². The van der Waals surface area contributed by atoms with Crippen LogP contribution in [-0.4, -0.2) is 64.2 Å². The molecule has 0 radical (unpaired) electrons. The van der Waals surface area contributed by atoms with Gasteiger partial charge in [0.15, 0.2) is 4.80 Å². The van der Waals surface area contributed by atoms with Crippen molar-refractivity contribution in [1.29, 1.82) is 0 Å². The largest absolute Gasteiger partial charge is 0.497 e. The lowest BCUT2D eigenvalue weighted by Crippen LogP contribution is -2.42. The van der Waals surface area contributed by atoms with Crippen molar-refractivity contribution in [2.75, 3.05) is 41.0 Å². The molecular formula is C24H29N3O6S2. The smallest absolute Gasteiger partial charge is 0.252 e. The number of thiazole rings is 1. The summed E-state index contributed by atoms with van der Waals surface area (Å²) in [4.78, 5) is 18.4. The van der Waals surface area contributed by atoms with Crippen LogP contribution >= 0.6 is 11.3 Å². The number of carbonyl (C=O) groups excluding carboxylic acids is 1. The average molecular weight is 520 g/mol. The second kappa shape index (κ2) is 10.9. The Bertz CT molecular complexity index is 1360. The first kappa shape index (κ1) is 25.4. The van der Waals surface area contributed by atoms with Crippen molar-refractivity contribution in [2.24, 2.45) is 10.9 Å². The molecule has 4 rings (SSSR count). The lowest BCUT2D eigenvalue weighted by molar-refractivity contribution is -0.122. The van der Waals surface area contributed by atoms with E-state index >= 15 is 0 Å². The molecule has 3 aromatic rings. The Morgan fingerprint density at radius 2 is 1.80 bits per heavy atom. The van der Waals surface area contributed by atoms with Crippen molar-refractivity contribution in [3.05, 3.63) is 47.3 Å². The molecule has 0 bridgehead atoms. The zero-order chi connectivity index (χ0) is 25.0. The second-order valence-electron chi connectivity index (χ2n) is 8.19. The fourth-order valence-electron chi connectivity index (χ4n) is 4.11. The molecular weight excluding hydrogens is 490 g/mol. The van der Waals surface area contributed by atoms with Crippen molar-refractivity contribution in [1.82, 2.24) is 8.87 Å². The number of ether oxygens (including phenoxy) is 3. The molecule has 1 aliphatic rings. The fourth-order valence-corrected chi connectivity index (χ4v) is 6.72. The molecule has 188 valence electrons. The second-order valence-corrected chi connectivity index (χ2v) is 11.1. The fraction of sp³-hybridized carbons (Fsp3) is 0.417. The molecule has 35 heavy (non-hydrogen) atoms. The van der Waals surface area contributed by atoms with Gasteiger partial charge >= 0.3 is 0 Å². The van der Waals surface area contributed by atoms with Gasteiger partial charge in [0.1, 0.15) is 11.5 Å². The Labute approximate surface area is 208 Å². The first-order valence-electron chi connectivity index (χ1n) is 11.3. The number of aromatic nitrogens is 1. The third-order valence-corrected chi connectivity index (χ3v) is 8.97. The number of rotatable bonds is 8. The maximum absolute atomic E-state index is 13.2. The summed E-state index contributed by atoms with van der Waals surface area (Å²) in [6, 6.07) is 12.0. The quantitative estimate of drug-likeness (QED) is 0.454. The predicted molar refractivity (Wildman–Crippen MR) is 133 cm³/mol. The van der Waals surface area contributed by atoms with Gasteiger partial charge in [-0.05, 0) is 55.3 Å². The van der Waals surface area contributed by atoms with E-state index in [1.807, 2.05) is 22.8 Å². The molecule has 2 heterocycles. The van der Waals surface area contributed by atoms with Gasteiger partial charge in [-0.3, -0.25) is 4.79 Å². The summed E-state index contributed by atoms with van der Waals surface area (Å²) in [7, 11) is 1.04. The zero-order valence-electron chi connectivity index (χ0n) is 20.0. The lowest BCUT2D eigenvalue weighted by atomic mass is 9.99. The molecule has 1 fully saturated rings. The van der Waals surface area contributed by atoms with Crippen molar-refractivity contribution in [3.8, 4) is 11.5 Å². The number of nitrogens with zero attached hydrogens (tertiary/aromatic N) is 3. The third-order valence-electron chi connectivity index (χ3n) is 6.05. The topological polar surface area (TPSA) is 99.4 Å². The number of fused-ring (bicyclic) bond motifs is 1. The van der Waals surface area contributed by atoms with E-state index in [4.69, 9.17) is 14.2 Å². The van der Waals surface area contributed by atoms with E-state index in [9.17, 15) is 13.2 Å². The number of amides is 1. The van der Waals surface area contributed by atoms with E-state index in [-0.39, 0.29) is 17.3 Å². The summed E-state index contributed by atoms with van der Waals surface area (Å²) in [6.07, 6.45) is 1.18. The van der Waals surface area contributed by atoms with Crippen LogP contribution in [0.25, 0.3) is 10.2 Å². The molecule has 1 atom stereocenters. The van der Waals surface area contributed by atoms with Crippen LogP contribution in [0.4, 0.5) is 0 Å². The highest BCUT2D eigenvalue weighted by Gasteiger charge is 2.33. The normalized spacial score (nSPS) is 17.6. The summed E-state index contributed by atoms with van der Waals surface area (Å²) in [5.41, 5.74) is 0.937. The predicted octanol–water partition coefficient (Wildman–Crippen LogP) is 2.89. The monoisotopic (exact) mass is 519 g/mol. The van der Waals surface area contributed by atoms with Gasteiger partial charge in [-0.1, -0.05) is 11.3 Å². The average Bonchev–Trinajstić information content (AvgIpc) is 3.23. The van der Waals surface area contributed by atoms with Crippen LogP contribution in [0, 0.1) is 5.92 Å². The van der Waals surface area contributed by atoms with Gasteiger partial charge in [0.05, 0.1) is 41.9 Å². The van der Waals surface area contributed by atoms with Crippen LogP contribution in [0.3, 0.4) is 0 Å². The van der Waals surface area contributed by atoms with Crippen molar-refractivity contribution >= 4 is 37.5 Å². The third kappa shape index (κ3) is 5.43. The van der Waals surface area contributed by atoms with Crippen molar-refractivity contribution in [3.63, 3.8) is 0 Å². The van der Waals surface area contributed by atoms with Gasteiger partial charge in [-0.2, -0.15) is 9.30 Å². The van der Waals surface area contributed by atoms with E-state index in [1.54, 1.807) is 26.4 Å². The highest BCUT2D eigenvalue weighted by atomic mass is 32.2. The molecule has 1 amide bonds. The minimum absolute atomic E-state index is 0.105. The summed E-state index contributed by atoms with van der Waals surface area (Å²) >= 11 is 1.40. The maximum atomic E-state index is 13.2. The number of benzene rings is 2. The van der Waals surface area contributed by atoms with Crippen LogP contribution in [0.5, 0.6) is 11.5 Å². The molecule has 1 aliphatic heterocycles. The molecule has 1 saturated heterocycles. The molecule has 0 aliphatic carbocycles. The van der Waals surface area contributed by atoms with Crippen LogP contribution in [0.2, 0.25) is 0 Å². The van der Waals surface area contributed by atoms with Crippen molar-refractivity contribution < 1.29 is 27.4 Å². The van der Waals surface area contributed by atoms with Gasteiger partial charge in [-0.25, -0.2) is 8.42 Å². The van der Waals surface area contributed by atoms with E-state index in [0.717, 1.165) is 16.0 Å². The number of sulfonamides is 1. The number of piperidine rings is 1. The van der Waals surface area contributed by atoms with Crippen LogP contribution in [0.1, 0.15) is 12.8 Å². The molecule has 0 saturated carbocycles. The zero-order valence-corrected chi connectivity index (χ0v) is 21.6. The molecule has 2 aromatic carbocycles. The van der Waals surface area contributed by atoms with Crippen LogP contribution < -0.4 is 14.3 Å². The Morgan fingerprint density at radius 1 is 1.09 bits per heavy atom. The Hall–Kier alpha value is -2.73. The maximum Gasteiger partial charge on any atom is 0.252 e. The van der Waals surface area contributed by atoms with Gasteiger partial charge in [0.25, 0.3) is 5.91 Å². The number of methoxy groups -OCH3 is 3. The summed E-state index contributed by atoms with van der Waals surface area (Å²) in [6.45, 7) is 1.48. The van der Waals surface area contributed by atoms with Crippen molar-refractivity contribution in [2.45, 2.75) is 24.3 Å². The van der Waals surface area contributed by atoms with Gasteiger partial charge < -0.3 is 18.8 Å². The number of hydrogen-bond acceptors (Lipinski definition) is 7. The number of hydrogen-bond donors (Lipinski definition) is 0. The first-order chi connectivity index (χ1) is 16.9. The van der Waals surface area contributed by atoms with Crippen LogP contribution in [0.15, 0.2) is 52.4 Å². The summed E-state index contributed by atoms with van der Waals surface area (Å²) in [5, 5.41) is 0.